The fraction of sp³-hybridized carbons (Fsp3) is 0.562. The molecule has 4 nitrogen and oxygen atoms in total. The number of hydrogen-bond donors (Lipinski definition) is 2. The third kappa shape index (κ3) is 3.50. The first-order valence-corrected chi connectivity index (χ1v) is 7.41. The number of rotatable bonds is 2. The Bertz CT molecular complexity index is 496. The lowest BCUT2D eigenvalue weighted by Gasteiger charge is -2.25. The SMILES string of the molecule is Cc1cc2c(cc1C)OC(C(=O)NC1CCCNC1)C2.Cl. The maximum Gasteiger partial charge on any atom is 0.261 e. The van der Waals surface area contributed by atoms with Gasteiger partial charge in [-0.2, -0.15) is 0 Å². The van der Waals surface area contributed by atoms with Crippen molar-refractivity contribution < 1.29 is 9.53 Å². The number of nitrogens with one attached hydrogen (secondary N) is 2. The van der Waals surface area contributed by atoms with Crippen LogP contribution in [-0.4, -0.2) is 31.1 Å². The van der Waals surface area contributed by atoms with Crippen molar-refractivity contribution in [3.05, 3.63) is 28.8 Å². The molecule has 0 bridgehead atoms. The van der Waals surface area contributed by atoms with Gasteiger partial charge in [0, 0.05) is 19.0 Å². The van der Waals surface area contributed by atoms with Crippen molar-refractivity contribution in [1.29, 1.82) is 0 Å². The lowest BCUT2D eigenvalue weighted by molar-refractivity contribution is -0.128. The molecule has 3 rings (SSSR count). The predicted molar refractivity (Wildman–Crippen MR) is 85.3 cm³/mol. The second kappa shape index (κ2) is 6.67. The van der Waals surface area contributed by atoms with E-state index in [2.05, 4.69) is 30.5 Å². The summed E-state index contributed by atoms with van der Waals surface area (Å²) in [5.74, 6) is 0.889. The second-order valence-electron chi connectivity index (χ2n) is 5.91. The van der Waals surface area contributed by atoms with Gasteiger partial charge >= 0.3 is 0 Å². The fourth-order valence-corrected chi connectivity index (χ4v) is 2.93. The third-order valence-corrected chi connectivity index (χ3v) is 4.29. The highest BCUT2D eigenvalue weighted by atomic mass is 35.5. The highest BCUT2D eigenvalue weighted by Gasteiger charge is 2.30. The van der Waals surface area contributed by atoms with Crippen molar-refractivity contribution >= 4 is 18.3 Å². The number of aryl methyl sites for hydroxylation is 2. The Morgan fingerprint density at radius 1 is 1.33 bits per heavy atom. The predicted octanol–water partition coefficient (Wildman–Crippen LogP) is 1.90. The van der Waals surface area contributed by atoms with Crippen molar-refractivity contribution in [1.82, 2.24) is 10.6 Å². The van der Waals surface area contributed by atoms with E-state index in [0.717, 1.165) is 37.2 Å². The summed E-state index contributed by atoms with van der Waals surface area (Å²) in [6.07, 6.45) is 2.49. The maximum atomic E-state index is 12.3. The number of halogens is 1. The van der Waals surface area contributed by atoms with Gasteiger partial charge < -0.3 is 15.4 Å². The molecule has 1 aromatic rings. The van der Waals surface area contributed by atoms with Gasteiger partial charge in [-0.1, -0.05) is 6.07 Å². The Kier molecular flexibility index (Phi) is 5.12. The van der Waals surface area contributed by atoms with Crippen LogP contribution in [0.4, 0.5) is 0 Å². The van der Waals surface area contributed by atoms with Crippen LogP contribution in [0.5, 0.6) is 5.75 Å². The summed E-state index contributed by atoms with van der Waals surface area (Å²) in [7, 11) is 0. The molecule has 2 aliphatic heterocycles. The zero-order valence-corrected chi connectivity index (χ0v) is 13.4. The molecule has 1 saturated heterocycles. The van der Waals surface area contributed by atoms with Crippen LogP contribution in [0.3, 0.4) is 0 Å². The zero-order chi connectivity index (χ0) is 14.1. The van der Waals surface area contributed by atoms with E-state index in [0.29, 0.717) is 6.42 Å². The van der Waals surface area contributed by atoms with E-state index in [1.165, 1.54) is 11.1 Å². The molecule has 2 aliphatic rings. The summed E-state index contributed by atoms with van der Waals surface area (Å²) in [6, 6.07) is 4.42. The molecule has 5 heteroatoms. The van der Waals surface area contributed by atoms with Gasteiger partial charge in [0.2, 0.25) is 0 Å². The van der Waals surface area contributed by atoms with Crippen molar-refractivity contribution in [2.24, 2.45) is 0 Å². The topological polar surface area (TPSA) is 50.4 Å². The molecule has 2 unspecified atom stereocenters. The molecule has 2 heterocycles. The normalized spacial score (nSPS) is 23.7. The Labute approximate surface area is 132 Å². The Hall–Kier alpha value is -1.26. The molecule has 1 fully saturated rings. The van der Waals surface area contributed by atoms with Crippen molar-refractivity contribution in [2.45, 2.75) is 45.3 Å². The van der Waals surface area contributed by atoms with E-state index < -0.39 is 0 Å². The highest BCUT2D eigenvalue weighted by Crippen LogP contribution is 2.31. The van der Waals surface area contributed by atoms with Gasteiger partial charge in [-0.3, -0.25) is 4.79 Å². The smallest absolute Gasteiger partial charge is 0.261 e. The summed E-state index contributed by atoms with van der Waals surface area (Å²) in [6.45, 7) is 6.08. The standard InChI is InChI=1S/C16H22N2O2.ClH/c1-10-6-12-8-15(20-14(12)7-11(10)2)16(19)18-13-4-3-5-17-9-13;/h6-7,13,15,17H,3-5,8-9H2,1-2H3,(H,18,19);1H. The first-order chi connectivity index (χ1) is 9.63. The summed E-state index contributed by atoms with van der Waals surface area (Å²) >= 11 is 0. The van der Waals surface area contributed by atoms with Gasteiger partial charge in [-0.25, -0.2) is 0 Å². The van der Waals surface area contributed by atoms with Crippen LogP contribution in [0.2, 0.25) is 0 Å². The third-order valence-electron chi connectivity index (χ3n) is 4.29. The van der Waals surface area contributed by atoms with Gasteiger partial charge in [-0.15, -0.1) is 12.4 Å². The molecule has 0 spiro atoms. The van der Waals surface area contributed by atoms with E-state index in [-0.39, 0.29) is 30.5 Å². The van der Waals surface area contributed by atoms with Crippen LogP contribution >= 0.6 is 12.4 Å². The highest BCUT2D eigenvalue weighted by molar-refractivity contribution is 5.85. The van der Waals surface area contributed by atoms with Gasteiger partial charge in [0.25, 0.3) is 5.91 Å². The molecule has 0 aromatic heterocycles. The van der Waals surface area contributed by atoms with Gasteiger partial charge in [0.05, 0.1) is 0 Å². The van der Waals surface area contributed by atoms with Gasteiger partial charge in [0.1, 0.15) is 5.75 Å². The lowest BCUT2D eigenvalue weighted by atomic mass is 10.0. The van der Waals surface area contributed by atoms with E-state index in [4.69, 9.17) is 4.74 Å². The van der Waals surface area contributed by atoms with Crippen LogP contribution in [0, 0.1) is 13.8 Å². The summed E-state index contributed by atoms with van der Waals surface area (Å²) in [5, 5.41) is 6.41. The second-order valence-corrected chi connectivity index (χ2v) is 5.91. The van der Waals surface area contributed by atoms with E-state index in [1.54, 1.807) is 0 Å². The molecule has 116 valence electrons. The Morgan fingerprint density at radius 3 is 2.81 bits per heavy atom. The monoisotopic (exact) mass is 310 g/mol. The minimum atomic E-state index is -0.367. The average molecular weight is 311 g/mol. The minimum absolute atomic E-state index is 0. The van der Waals surface area contributed by atoms with Crippen molar-refractivity contribution in [2.75, 3.05) is 13.1 Å². The molecule has 21 heavy (non-hydrogen) atoms. The lowest BCUT2D eigenvalue weighted by Crippen LogP contribution is -2.49. The van der Waals surface area contributed by atoms with E-state index in [9.17, 15) is 4.79 Å². The summed E-state index contributed by atoms with van der Waals surface area (Å²) in [5.41, 5.74) is 3.61. The Balaban J connectivity index is 0.00000161. The molecule has 1 amide bonds. The first-order valence-electron chi connectivity index (χ1n) is 7.41. The van der Waals surface area contributed by atoms with Crippen LogP contribution in [0.25, 0.3) is 0 Å². The average Bonchev–Trinajstić information content (AvgIpc) is 2.83. The molecule has 2 N–H and O–H groups in total. The number of amides is 1. The summed E-state index contributed by atoms with van der Waals surface area (Å²) in [4.78, 5) is 12.3. The van der Waals surface area contributed by atoms with Crippen molar-refractivity contribution in [3.8, 4) is 5.75 Å². The number of benzene rings is 1. The number of carbonyl (C=O) groups is 1. The Morgan fingerprint density at radius 2 is 2.10 bits per heavy atom. The molecule has 0 radical (unpaired) electrons. The quantitative estimate of drug-likeness (QED) is 0.877. The number of fused-ring (bicyclic) bond motifs is 1. The number of carbonyl (C=O) groups excluding carboxylic acids is 1. The van der Waals surface area contributed by atoms with E-state index in [1.807, 2.05) is 6.07 Å². The molecule has 1 aromatic carbocycles. The van der Waals surface area contributed by atoms with E-state index >= 15 is 0 Å². The number of piperidine rings is 1. The maximum absolute atomic E-state index is 12.3. The first kappa shape index (κ1) is 16.1. The van der Waals surface area contributed by atoms with Crippen LogP contribution < -0.4 is 15.4 Å². The van der Waals surface area contributed by atoms with Crippen LogP contribution in [0.15, 0.2) is 12.1 Å². The minimum Gasteiger partial charge on any atom is -0.480 e. The molecular weight excluding hydrogens is 288 g/mol. The van der Waals surface area contributed by atoms with Gasteiger partial charge in [0.15, 0.2) is 6.10 Å². The number of ether oxygens (including phenoxy) is 1. The zero-order valence-electron chi connectivity index (χ0n) is 12.6. The molecule has 0 saturated carbocycles. The van der Waals surface area contributed by atoms with Gasteiger partial charge in [-0.05, 0) is 56.0 Å². The van der Waals surface area contributed by atoms with Crippen LogP contribution in [0.1, 0.15) is 29.5 Å². The van der Waals surface area contributed by atoms with Crippen molar-refractivity contribution in [3.63, 3.8) is 0 Å². The number of hydrogen-bond acceptors (Lipinski definition) is 3. The molecule has 0 aliphatic carbocycles. The van der Waals surface area contributed by atoms with Crippen LogP contribution in [-0.2, 0) is 11.2 Å². The fourth-order valence-electron chi connectivity index (χ4n) is 2.93. The summed E-state index contributed by atoms with van der Waals surface area (Å²) < 4.78 is 5.81. The molecule has 2 atom stereocenters. The largest absolute Gasteiger partial charge is 0.480 e. The molecular formula is C16H23ClN2O2.